The van der Waals surface area contributed by atoms with E-state index >= 15 is 0 Å². The number of aliphatic imine (C=N–C) groups is 1. The number of carbonyl (C=O) groups excluding carboxylic acids is 2. The highest BCUT2D eigenvalue weighted by Gasteiger charge is 2.33. The second kappa shape index (κ2) is 12.5. The van der Waals surface area contributed by atoms with E-state index in [9.17, 15) is 22.8 Å². The van der Waals surface area contributed by atoms with Gasteiger partial charge in [0.05, 0.1) is 41.6 Å². The predicted octanol–water partition coefficient (Wildman–Crippen LogP) is 5.07. The summed E-state index contributed by atoms with van der Waals surface area (Å²) in [6.45, 7) is 7.30. The maximum absolute atomic E-state index is 13.1. The second-order valence-electron chi connectivity index (χ2n) is 7.62. The van der Waals surface area contributed by atoms with Crippen molar-refractivity contribution in [1.29, 1.82) is 0 Å². The summed E-state index contributed by atoms with van der Waals surface area (Å²) in [4.78, 5) is 35.5. The number of carbonyl (C=O) groups is 2. The van der Waals surface area contributed by atoms with Gasteiger partial charge in [-0.15, -0.1) is 11.3 Å². The molecule has 37 heavy (non-hydrogen) atoms. The van der Waals surface area contributed by atoms with Gasteiger partial charge in [-0.25, -0.2) is 9.98 Å². The monoisotopic (exact) mass is 575 g/mol. The van der Waals surface area contributed by atoms with Gasteiger partial charge in [-0.2, -0.15) is 13.2 Å². The number of morpholine rings is 1. The van der Waals surface area contributed by atoms with Gasteiger partial charge in [0.2, 0.25) is 5.91 Å². The minimum absolute atomic E-state index is 0.00292. The van der Waals surface area contributed by atoms with Gasteiger partial charge >= 0.3 is 6.18 Å². The van der Waals surface area contributed by atoms with Gasteiger partial charge in [0.15, 0.2) is 0 Å². The summed E-state index contributed by atoms with van der Waals surface area (Å²) in [6.07, 6.45) is -2.05. The number of anilines is 1. The van der Waals surface area contributed by atoms with Crippen LogP contribution in [0, 0.1) is 0 Å². The van der Waals surface area contributed by atoms with Crippen molar-refractivity contribution in [3.8, 4) is 0 Å². The van der Waals surface area contributed by atoms with E-state index < -0.39 is 28.6 Å². The molecule has 1 fully saturated rings. The zero-order valence-corrected chi connectivity index (χ0v) is 21.8. The molecule has 1 aromatic heterocycles. The average molecular weight is 576 g/mol. The van der Waals surface area contributed by atoms with Gasteiger partial charge in [-0.05, 0) is 25.1 Å². The molecular formula is C23H22Cl2F3N5O3S. The summed E-state index contributed by atoms with van der Waals surface area (Å²) in [7, 11) is 0. The number of alkyl halides is 3. The highest BCUT2D eigenvalue weighted by molar-refractivity contribution is 7.13. The average Bonchev–Trinajstić information content (AvgIpc) is 3.35. The molecule has 1 saturated heterocycles. The highest BCUT2D eigenvalue weighted by Crippen LogP contribution is 2.36. The molecule has 2 aromatic rings. The van der Waals surface area contributed by atoms with Crippen LogP contribution >= 0.6 is 34.5 Å². The third kappa shape index (κ3) is 7.54. The number of amidine groups is 1. The maximum Gasteiger partial charge on any atom is 0.417 e. The Morgan fingerprint density at radius 1 is 1.32 bits per heavy atom. The summed E-state index contributed by atoms with van der Waals surface area (Å²) in [5.41, 5.74) is -0.902. The number of nitrogens with zero attached hydrogens (tertiary/aromatic N) is 3. The molecule has 1 aromatic carbocycles. The van der Waals surface area contributed by atoms with Crippen LogP contribution in [-0.4, -0.2) is 53.8 Å². The van der Waals surface area contributed by atoms with Gasteiger partial charge in [-0.3, -0.25) is 9.59 Å². The largest absolute Gasteiger partial charge is 0.417 e. The molecule has 0 aliphatic carbocycles. The van der Waals surface area contributed by atoms with Crippen LogP contribution in [0.25, 0.3) is 0 Å². The van der Waals surface area contributed by atoms with Crippen LogP contribution in [0.3, 0.4) is 0 Å². The van der Waals surface area contributed by atoms with Crippen LogP contribution in [0.5, 0.6) is 0 Å². The number of nitrogens with one attached hydrogen (secondary N) is 2. The molecule has 14 heteroatoms. The van der Waals surface area contributed by atoms with E-state index in [-0.39, 0.29) is 27.7 Å². The fraction of sp³-hybridized carbons (Fsp3) is 0.304. The van der Waals surface area contributed by atoms with Gasteiger partial charge < -0.3 is 20.3 Å². The third-order valence-corrected chi connectivity index (χ3v) is 6.88. The Hall–Kier alpha value is -2.93. The lowest BCUT2D eigenvalue weighted by Gasteiger charge is -2.29. The van der Waals surface area contributed by atoms with E-state index in [2.05, 4.69) is 27.2 Å². The lowest BCUT2D eigenvalue weighted by Crippen LogP contribution is -2.41. The number of ether oxygens (including phenoxy) is 1. The van der Waals surface area contributed by atoms with Crippen molar-refractivity contribution >= 4 is 57.9 Å². The summed E-state index contributed by atoms with van der Waals surface area (Å²) in [5, 5.41) is 5.17. The minimum atomic E-state index is -4.66. The second-order valence-corrected chi connectivity index (χ2v) is 9.52. The molecule has 0 radical (unpaired) electrons. The van der Waals surface area contributed by atoms with Crippen molar-refractivity contribution < 1.29 is 27.5 Å². The molecule has 198 valence electrons. The smallest absolute Gasteiger partial charge is 0.378 e. The molecule has 2 amide bonds. The Bertz CT molecular complexity index is 1240. The van der Waals surface area contributed by atoms with Gasteiger partial charge in [-0.1, -0.05) is 29.8 Å². The summed E-state index contributed by atoms with van der Waals surface area (Å²) < 4.78 is 44.5. The first-order valence-electron chi connectivity index (χ1n) is 10.8. The van der Waals surface area contributed by atoms with Crippen molar-refractivity contribution in [2.45, 2.75) is 19.6 Å². The number of amides is 2. The predicted molar refractivity (Wildman–Crippen MR) is 137 cm³/mol. The quantitative estimate of drug-likeness (QED) is 0.273. The molecule has 8 nitrogen and oxygen atoms in total. The highest BCUT2D eigenvalue weighted by atomic mass is 35.5. The van der Waals surface area contributed by atoms with Gasteiger partial charge in [0.25, 0.3) is 5.91 Å². The van der Waals surface area contributed by atoms with E-state index in [1.165, 1.54) is 18.5 Å². The molecule has 0 saturated carbocycles. The fourth-order valence-electron chi connectivity index (χ4n) is 3.20. The zero-order chi connectivity index (χ0) is 27.2. The topological polar surface area (TPSA) is 95.9 Å². The van der Waals surface area contributed by atoms with Crippen LogP contribution < -0.4 is 10.6 Å². The molecule has 0 spiro atoms. The van der Waals surface area contributed by atoms with E-state index in [0.717, 1.165) is 23.5 Å². The molecule has 1 aliphatic heterocycles. The Labute approximate surface area is 224 Å². The first-order valence-corrected chi connectivity index (χ1v) is 12.4. The maximum atomic E-state index is 13.1. The van der Waals surface area contributed by atoms with Crippen LogP contribution in [0.15, 0.2) is 52.8 Å². The molecular weight excluding hydrogens is 554 g/mol. The summed E-state index contributed by atoms with van der Waals surface area (Å²) in [6, 6.07) is 3.07. The lowest BCUT2D eigenvalue weighted by atomic mass is 10.2. The van der Waals surface area contributed by atoms with E-state index in [1.54, 1.807) is 6.92 Å². The van der Waals surface area contributed by atoms with Gasteiger partial charge in [0.1, 0.15) is 15.7 Å². The Morgan fingerprint density at radius 3 is 2.68 bits per heavy atom. The van der Waals surface area contributed by atoms with Crippen molar-refractivity contribution in [1.82, 2.24) is 15.2 Å². The zero-order valence-electron chi connectivity index (χ0n) is 19.5. The Kier molecular flexibility index (Phi) is 9.71. The van der Waals surface area contributed by atoms with E-state index in [0.29, 0.717) is 37.1 Å². The number of benzene rings is 1. The normalized spacial score (nSPS) is 15.2. The number of thiazole rings is 1. The first kappa shape index (κ1) is 28.6. The first-order chi connectivity index (χ1) is 17.5. The standard InChI is InChI=1S/C23H22Cl2F3N5O3S/c1-3-29-20(33-6-8-36-9-7-33)19(25)13(2)21(34)31-12-18-30-11-17(37-18)22(35)32-14-4-5-16(24)15(10-14)23(26,27)28/h3-5,10-11H,1,6-9,12H2,2H3,(H,31,34)(H,32,35)/b19-13-,29-20+. The van der Waals surface area contributed by atoms with Gasteiger partial charge in [0, 0.05) is 30.5 Å². The number of hydrogen-bond donors (Lipinski definition) is 2. The van der Waals surface area contributed by atoms with Crippen molar-refractivity contribution in [3.05, 3.63) is 68.3 Å². The minimum Gasteiger partial charge on any atom is -0.378 e. The number of rotatable bonds is 7. The molecule has 0 unspecified atom stereocenters. The fourth-order valence-corrected chi connectivity index (χ4v) is 4.44. The van der Waals surface area contributed by atoms with Crippen molar-refractivity contribution in [2.24, 2.45) is 4.99 Å². The van der Waals surface area contributed by atoms with Crippen molar-refractivity contribution in [2.75, 3.05) is 31.6 Å². The lowest BCUT2D eigenvalue weighted by molar-refractivity contribution is -0.137. The summed E-state index contributed by atoms with van der Waals surface area (Å²) in [5.74, 6) is -0.700. The molecule has 3 rings (SSSR count). The summed E-state index contributed by atoms with van der Waals surface area (Å²) >= 11 is 13.1. The van der Waals surface area contributed by atoms with Crippen LogP contribution in [0.1, 0.15) is 27.2 Å². The number of hydrogen-bond acceptors (Lipinski definition) is 6. The van der Waals surface area contributed by atoms with E-state index in [4.69, 9.17) is 27.9 Å². The van der Waals surface area contributed by atoms with E-state index in [1.807, 2.05) is 4.90 Å². The van der Waals surface area contributed by atoms with Crippen LogP contribution in [0.2, 0.25) is 5.02 Å². The van der Waals surface area contributed by atoms with Crippen molar-refractivity contribution in [3.63, 3.8) is 0 Å². The molecule has 1 aliphatic rings. The molecule has 0 bridgehead atoms. The third-order valence-electron chi connectivity index (χ3n) is 5.10. The Balaban J connectivity index is 1.64. The SMILES string of the molecule is C=C/N=C(\C(Cl)=C(/C)C(=O)NCc1ncc(C(=O)Nc2ccc(Cl)c(C(F)(F)F)c2)s1)N1CCOCC1. The molecule has 2 heterocycles. The Morgan fingerprint density at radius 2 is 2.03 bits per heavy atom. The van der Waals surface area contributed by atoms with Crippen LogP contribution in [0.4, 0.5) is 18.9 Å². The number of aromatic nitrogens is 1. The number of halogens is 5. The molecule has 0 atom stereocenters. The molecule has 2 N–H and O–H groups in total. The van der Waals surface area contributed by atoms with Crippen LogP contribution in [-0.2, 0) is 22.3 Å².